The number of carbonyl (C=O) groups is 1. The Bertz CT molecular complexity index is 914. The molecule has 0 atom stereocenters. The van der Waals surface area contributed by atoms with Gasteiger partial charge in [0, 0.05) is 17.0 Å². The van der Waals surface area contributed by atoms with Crippen molar-refractivity contribution in [1.82, 2.24) is 4.90 Å². The summed E-state index contributed by atoms with van der Waals surface area (Å²) in [7, 11) is 1.95. The van der Waals surface area contributed by atoms with E-state index in [9.17, 15) is 4.79 Å². The molecule has 0 radical (unpaired) electrons. The minimum Gasteiger partial charge on any atom is -0.337 e. The monoisotopic (exact) mass is 404 g/mol. The standard InChI is InChI=1S/C18H13ClN2OS3/c1-20-13-9-12(19)7-8-14(13)24-17(20)15-16(22)21(18(23)25-15)10-11-5-3-2-4-6-11/h2-9H,10H2,1H3/b17-15+. The Morgan fingerprint density at radius 2 is 1.88 bits per heavy atom. The van der Waals surface area contributed by atoms with Gasteiger partial charge >= 0.3 is 0 Å². The molecule has 0 bridgehead atoms. The van der Waals surface area contributed by atoms with E-state index in [2.05, 4.69) is 0 Å². The number of nitrogens with zero attached hydrogens (tertiary/aromatic N) is 2. The lowest BCUT2D eigenvalue weighted by Gasteiger charge is -2.16. The topological polar surface area (TPSA) is 23.6 Å². The number of carbonyl (C=O) groups excluding carboxylic acids is 1. The molecular weight excluding hydrogens is 392 g/mol. The number of halogens is 1. The Morgan fingerprint density at radius 1 is 1.12 bits per heavy atom. The highest BCUT2D eigenvalue weighted by Gasteiger charge is 2.38. The van der Waals surface area contributed by atoms with Crippen LogP contribution in [0.15, 0.2) is 63.4 Å². The van der Waals surface area contributed by atoms with Crippen molar-refractivity contribution in [3.05, 3.63) is 69.1 Å². The van der Waals surface area contributed by atoms with E-state index in [-0.39, 0.29) is 5.91 Å². The van der Waals surface area contributed by atoms with Crippen molar-refractivity contribution >= 4 is 63.3 Å². The van der Waals surface area contributed by atoms with E-state index in [0.29, 0.717) is 20.8 Å². The molecule has 2 aliphatic heterocycles. The molecule has 25 heavy (non-hydrogen) atoms. The summed E-state index contributed by atoms with van der Waals surface area (Å²) in [6.45, 7) is 0.495. The first-order chi connectivity index (χ1) is 12.0. The van der Waals surface area contributed by atoms with Gasteiger partial charge in [-0.3, -0.25) is 9.69 Å². The van der Waals surface area contributed by atoms with Crippen molar-refractivity contribution in [2.24, 2.45) is 0 Å². The average Bonchev–Trinajstić information content (AvgIpc) is 3.07. The van der Waals surface area contributed by atoms with E-state index < -0.39 is 0 Å². The molecule has 2 heterocycles. The molecule has 1 fully saturated rings. The second-order valence-electron chi connectivity index (χ2n) is 5.65. The first kappa shape index (κ1) is 17.0. The summed E-state index contributed by atoms with van der Waals surface area (Å²) in [6.07, 6.45) is 0. The number of hydrogen-bond acceptors (Lipinski definition) is 5. The maximum atomic E-state index is 13.0. The van der Waals surface area contributed by atoms with Gasteiger partial charge in [0.05, 0.1) is 17.3 Å². The normalized spacial score (nSPS) is 19.8. The molecule has 3 nitrogen and oxygen atoms in total. The Balaban J connectivity index is 1.65. The van der Waals surface area contributed by atoms with E-state index >= 15 is 0 Å². The molecule has 0 unspecified atom stereocenters. The maximum Gasteiger partial charge on any atom is 0.269 e. The van der Waals surface area contributed by atoms with Crippen molar-refractivity contribution in [3.63, 3.8) is 0 Å². The molecule has 2 aromatic carbocycles. The van der Waals surface area contributed by atoms with Crippen molar-refractivity contribution in [1.29, 1.82) is 0 Å². The van der Waals surface area contributed by atoms with Crippen LogP contribution in [-0.4, -0.2) is 22.2 Å². The maximum absolute atomic E-state index is 13.0. The third-order valence-corrected chi connectivity index (χ3v) is 7.06. The number of hydrogen-bond donors (Lipinski definition) is 0. The molecule has 2 aliphatic rings. The van der Waals surface area contributed by atoms with Crippen LogP contribution in [0.3, 0.4) is 0 Å². The summed E-state index contributed by atoms with van der Waals surface area (Å²) in [5.74, 6) is -0.0351. The van der Waals surface area contributed by atoms with Crippen LogP contribution in [0.25, 0.3) is 0 Å². The summed E-state index contributed by atoms with van der Waals surface area (Å²) in [5.41, 5.74) is 2.08. The van der Waals surface area contributed by atoms with Gasteiger partial charge in [-0.25, -0.2) is 0 Å². The van der Waals surface area contributed by atoms with Gasteiger partial charge in [-0.1, -0.05) is 77.7 Å². The summed E-state index contributed by atoms with van der Waals surface area (Å²) in [6, 6.07) is 15.7. The molecule has 7 heteroatoms. The summed E-state index contributed by atoms with van der Waals surface area (Å²) < 4.78 is 0.597. The highest BCUT2D eigenvalue weighted by molar-refractivity contribution is 8.27. The zero-order valence-corrected chi connectivity index (χ0v) is 16.4. The molecular formula is C18H13ClN2OS3. The highest BCUT2D eigenvalue weighted by atomic mass is 35.5. The van der Waals surface area contributed by atoms with Crippen LogP contribution in [-0.2, 0) is 11.3 Å². The van der Waals surface area contributed by atoms with Gasteiger partial charge in [0.25, 0.3) is 5.91 Å². The average molecular weight is 405 g/mol. The number of rotatable bonds is 2. The van der Waals surface area contributed by atoms with Crippen LogP contribution >= 0.6 is 47.3 Å². The van der Waals surface area contributed by atoms with Crippen LogP contribution in [0.1, 0.15) is 5.56 Å². The van der Waals surface area contributed by atoms with Crippen LogP contribution in [0.2, 0.25) is 5.02 Å². The molecule has 0 N–H and O–H groups in total. The van der Waals surface area contributed by atoms with Gasteiger partial charge < -0.3 is 4.90 Å². The second kappa shape index (κ2) is 6.68. The van der Waals surface area contributed by atoms with Crippen molar-refractivity contribution in [2.45, 2.75) is 11.4 Å². The van der Waals surface area contributed by atoms with Crippen LogP contribution < -0.4 is 4.90 Å². The smallest absolute Gasteiger partial charge is 0.269 e. The van der Waals surface area contributed by atoms with E-state index in [1.54, 1.807) is 16.7 Å². The molecule has 4 rings (SSSR count). The van der Waals surface area contributed by atoms with Crippen molar-refractivity contribution in [2.75, 3.05) is 11.9 Å². The fourth-order valence-electron chi connectivity index (χ4n) is 2.75. The molecule has 1 saturated heterocycles. The molecule has 0 spiro atoms. The fourth-order valence-corrected chi connectivity index (χ4v) is 5.48. The Morgan fingerprint density at radius 3 is 2.64 bits per heavy atom. The lowest BCUT2D eigenvalue weighted by atomic mass is 10.2. The number of thioether (sulfide) groups is 2. The number of anilines is 1. The molecule has 0 aromatic heterocycles. The SMILES string of the molecule is CN1/C(=C2\SC(=S)N(Cc3ccccc3)C2=O)Sc2ccc(Cl)cc21. The summed E-state index contributed by atoms with van der Waals surface area (Å²) in [4.78, 5) is 18.4. The van der Waals surface area contributed by atoms with Gasteiger partial charge in [-0.05, 0) is 23.8 Å². The van der Waals surface area contributed by atoms with Crippen molar-refractivity contribution < 1.29 is 4.79 Å². The number of fused-ring (bicyclic) bond motifs is 1. The van der Waals surface area contributed by atoms with Crippen molar-refractivity contribution in [3.8, 4) is 0 Å². The van der Waals surface area contributed by atoms with E-state index in [0.717, 1.165) is 21.2 Å². The van der Waals surface area contributed by atoms with Crippen LogP contribution in [0.5, 0.6) is 0 Å². The number of amides is 1. The third-order valence-electron chi connectivity index (χ3n) is 4.02. The molecule has 2 aromatic rings. The largest absolute Gasteiger partial charge is 0.337 e. The van der Waals surface area contributed by atoms with Gasteiger partial charge in [0.15, 0.2) is 0 Å². The van der Waals surface area contributed by atoms with Gasteiger partial charge in [0.1, 0.15) is 9.23 Å². The van der Waals surface area contributed by atoms with Crippen LogP contribution in [0, 0.1) is 0 Å². The molecule has 126 valence electrons. The zero-order valence-electron chi connectivity index (χ0n) is 13.2. The summed E-state index contributed by atoms with van der Waals surface area (Å²) in [5, 5.41) is 1.59. The fraction of sp³-hybridized carbons (Fsp3) is 0.111. The predicted molar refractivity (Wildman–Crippen MR) is 110 cm³/mol. The van der Waals surface area contributed by atoms with E-state index in [1.165, 1.54) is 11.8 Å². The molecule has 0 saturated carbocycles. The summed E-state index contributed by atoms with van der Waals surface area (Å²) >= 11 is 14.5. The lowest BCUT2D eigenvalue weighted by Crippen LogP contribution is -2.28. The molecule has 0 aliphatic carbocycles. The number of thiocarbonyl (C=S) groups is 1. The third kappa shape index (κ3) is 3.08. The minimum absolute atomic E-state index is 0.0351. The first-order valence-corrected chi connectivity index (χ1v) is 9.99. The Labute approximate surface area is 165 Å². The van der Waals surface area contributed by atoms with Gasteiger partial charge in [-0.2, -0.15) is 0 Å². The quantitative estimate of drug-likeness (QED) is 0.511. The highest BCUT2D eigenvalue weighted by Crippen LogP contribution is 2.50. The van der Waals surface area contributed by atoms with Gasteiger partial charge in [0.2, 0.25) is 0 Å². The molecule has 1 amide bonds. The minimum atomic E-state index is -0.0351. The van der Waals surface area contributed by atoms with Gasteiger partial charge in [-0.15, -0.1) is 0 Å². The van der Waals surface area contributed by atoms with E-state index in [4.69, 9.17) is 23.8 Å². The first-order valence-electron chi connectivity index (χ1n) is 7.57. The second-order valence-corrected chi connectivity index (χ2v) is 8.76. The lowest BCUT2D eigenvalue weighted by molar-refractivity contribution is -0.122. The Kier molecular flexibility index (Phi) is 4.54. The predicted octanol–water partition coefficient (Wildman–Crippen LogP) is 5.11. The van der Waals surface area contributed by atoms with Crippen LogP contribution in [0.4, 0.5) is 5.69 Å². The van der Waals surface area contributed by atoms with E-state index in [1.807, 2.05) is 60.5 Å². The Hall–Kier alpha value is -1.47. The number of benzene rings is 2. The zero-order chi connectivity index (χ0) is 17.6.